The standard InChI is InChI=1S/C16H22FN3O.2ClH/c17-14-5-1-2-6-15(14)19-8-10-20(11-9-19)16(21)13-4-3-7-18-12-13;;/h1-2,5-6,13,18H,3-4,7-12H2;2*1H. The Hall–Kier alpha value is -1.04. The summed E-state index contributed by atoms with van der Waals surface area (Å²) >= 11 is 0. The predicted octanol–water partition coefficient (Wildman–Crippen LogP) is 2.32. The molecular weight excluding hydrogens is 340 g/mol. The van der Waals surface area contributed by atoms with E-state index < -0.39 is 0 Å². The molecule has 2 aliphatic rings. The number of hydrogen-bond acceptors (Lipinski definition) is 3. The minimum atomic E-state index is -0.186. The Balaban J connectivity index is 0.00000132. The highest BCUT2D eigenvalue weighted by molar-refractivity contribution is 5.85. The van der Waals surface area contributed by atoms with Gasteiger partial charge in [0.2, 0.25) is 5.91 Å². The number of piperidine rings is 1. The van der Waals surface area contributed by atoms with Crippen LogP contribution in [0.1, 0.15) is 12.8 Å². The van der Waals surface area contributed by atoms with Gasteiger partial charge >= 0.3 is 0 Å². The minimum Gasteiger partial charge on any atom is -0.366 e. The van der Waals surface area contributed by atoms with Crippen LogP contribution < -0.4 is 10.2 Å². The van der Waals surface area contributed by atoms with Gasteiger partial charge in [-0.1, -0.05) is 12.1 Å². The number of piperazine rings is 1. The summed E-state index contributed by atoms with van der Waals surface area (Å²) in [5, 5.41) is 3.29. The number of nitrogens with zero attached hydrogens (tertiary/aromatic N) is 2. The molecule has 2 fully saturated rings. The molecule has 1 atom stereocenters. The Bertz CT molecular complexity index is 504. The van der Waals surface area contributed by atoms with Gasteiger partial charge in [-0.15, -0.1) is 24.8 Å². The zero-order valence-corrected chi connectivity index (χ0v) is 14.7. The number of benzene rings is 1. The molecule has 1 unspecified atom stereocenters. The maximum Gasteiger partial charge on any atom is 0.227 e. The third-order valence-electron chi connectivity index (χ3n) is 4.43. The topological polar surface area (TPSA) is 35.6 Å². The first-order valence-electron chi connectivity index (χ1n) is 7.74. The highest BCUT2D eigenvalue weighted by atomic mass is 35.5. The summed E-state index contributed by atoms with van der Waals surface area (Å²) in [6.45, 7) is 4.59. The fourth-order valence-corrected chi connectivity index (χ4v) is 3.20. The van der Waals surface area contributed by atoms with E-state index >= 15 is 0 Å². The van der Waals surface area contributed by atoms with Crippen LogP contribution in [0, 0.1) is 11.7 Å². The normalized spacial score (nSPS) is 21.2. The van der Waals surface area contributed by atoms with E-state index in [1.54, 1.807) is 12.1 Å². The van der Waals surface area contributed by atoms with E-state index in [1.165, 1.54) is 6.07 Å². The number of nitrogens with one attached hydrogen (secondary N) is 1. The number of para-hydroxylation sites is 1. The highest BCUT2D eigenvalue weighted by Gasteiger charge is 2.28. The highest BCUT2D eigenvalue weighted by Crippen LogP contribution is 2.21. The summed E-state index contributed by atoms with van der Waals surface area (Å²) in [4.78, 5) is 16.4. The number of anilines is 1. The molecule has 1 amide bonds. The van der Waals surface area contributed by atoms with E-state index in [1.807, 2.05) is 15.9 Å². The first-order valence-corrected chi connectivity index (χ1v) is 7.74. The van der Waals surface area contributed by atoms with Crippen molar-refractivity contribution in [2.45, 2.75) is 12.8 Å². The maximum absolute atomic E-state index is 13.8. The predicted molar refractivity (Wildman–Crippen MR) is 95.3 cm³/mol. The lowest BCUT2D eigenvalue weighted by Crippen LogP contribution is -2.52. The lowest BCUT2D eigenvalue weighted by Gasteiger charge is -2.38. The molecule has 23 heavy (non-hydrogen) atoms. The lowest BCUT2D eigenvalue weighted by molar-refractivity contribution is -0.136. The van der Waals surface area contributed by atoms with Crippen LogP contribution in [-0.4, -0.2) is 50.1 Å². The Morgan fingerprint density at radius 3 is 2.43 bits per heavy atom. The van der Waals surface area contributed by atoms with Crippen molar-refractivity contribution < 1.29 is 9.18 Å². The molecule has 0 spiro atoms. The molecule has 2 aliphatic heterocycles. The average molecular weight is 364 g/mol. The number of halogens is 3. The smallest absolute Gasteiger partial charge is 0.227 e. The second-order valence-corrected chi connectivity index (χ2v) is 5.81. The molecule has 1 aromatic rings. The number of rotatable bonds is 2. The Kier molecular flexibility index (Phi) is 8.09. The summed E-state index contributed by atoms with van der Waals surface area (Å²) < 4.78 is 13.8. The fourth-order valence-electron chi connectivity index (χ4n) is 3.20. The molecule has 0 aromatic heterocycles. The zero-order valence-electron chi connectivity index (χ0n) is 13.0. The summed E-state index contributed by atoms with van der Waals surface area (Å²) in [7, 11) is 0. The van der Waals surface area contributed by atoms with Gasteiger partial charge < -0.3 is 15.1 Å². The summed E-state index contributed by atoms with van der Waals surface area (Å²) in [6.07, 6.45) is 2.06. The molecule has 0 saturated carbocycles. The van der Waals surface area contributed by atoms with Gasteiger partial charge in [-0.2, -0.15) is 0 Å². The molecule has 1 N–H and O–H groups in total. The minimum absolute atomic E-state index is 0. The van der Waals surface area contributed by atoms with Crippen LogP contribution in [0.25, 0.3) is 0 Å². The van der Waals surface area contributed by atoms with Gasteiger partial charge in [0.25, 0.3) is 0 Å². The van der Waals surface area contributed by atoms with Crippen molar-refractivity contribution in [3.8, 4) is 0 Å². The van der Waals surface area contributed by atoms with E-state index in [4.69, 9.17) is 0 Å². The summed E-state index contributed by atoms with van der Waals surface area (Å²) in [5.41, 5.74) is 0.643. The monoisotopic (exact) mass is 363 g/mol. The summed E-state index contributed by atoms with van der Waals surface area (Å²) in [5.74, 6) is 0.197. The second-order valence-electron chi connectivity index (χ2n) is 5.81. The third kappa shape index (κ3) is 4.72. The number of carbonyl (C=O) groups excluding carboxylic acids is 1. The quantitative estimate of drug-likeness (QED) is 0.875. The lowest BCUT2D eigenvalue weighted by atomic mass is 9.98. The van der Waals surface area contributed by atoms with E-state index in [0.717, 1.165) is 25.9 Å². The fraction of sp³-hybridized carbons (Fsp3) is 0.562. The van der Waals surface area contributed by atoms with Crippen molar-refractivity contribution >= 4 is 36.4 Å². The van der Waals surface area contributed by atoms with E-state index in [0.29, 0.717) is 31.9 Å². The van der Waals surface area contributed by atoms with Gasteiger partial charge in [0.05, 0.1) is 11.6 Å². The molecule has 4 nitrogen and oxygen atoms in total. The van der Waals surface area contributed by atoms with E-state index in [2.05, 4.69) is 5.32 Å². The van der Waals surface area contributed by atoms with Crippen LogP contribution in [0.4, 0.5) is 10.1 Å². The molecule has 3 rings (SSSR count). The largest absolute Gasteiger partial charge is 0.366 e. The van der Waals surface area contributed by atoms with Crippen molar-refractivity contribution in [1.29, 1.82) is 0 Å². The Labute approximate surface area is 149 Å². The van der Waals surface area contributed by atoms with Gasteiger partial charge in [-0.25, -0.2) is 4.39 Å². The average Bonchev–Trinajstić information content (AvgIpc) is 2.56. The van der Waals surface area contributed by atoms with Gasteiger partial charge in [0.1, 0.15) is 5.82 Å². The van der Waals surface area contributed by atoms with Gasteiger partial charge in [0.15, 0.2) is 0 Å². The molecule has 0 bridgehead atoms. The maximum atomic E-state index is 13.8. The first-order chi connectivity index (χ1) is 10.3. The molecule has 2 heterocycles. The summed E-state index contributed by atoms with van der Waals surface area (Å²) in [6, 6.07) is 6.84. The van der Waals surface area contributed by atoms with Gasteiger partial charge in [0, 0.05) is 32.7 Å². The molecular formula is C16H24Cl2FN3O. The van der Waals surface area contributed by atoms with Gasteiger partial charge in [-0.05, 0) is 31.5 Å². The second kappa shape index (κ2) is 9.30. The molecule has 0 radical (unpaired) electrons. The van der Waals surface area contributed by atoms with Crippen molar-refractivity contribution in [2.75, 3.05) is 44.2 Å². The van der Waals surface area contributed by atoms with E-state index in [9.17, 15) is 9.18 Å². The Morgan fingerprint density at radius 1 is 1.13 bits per heavy atom. The number of carbonyl (C=O) groups is 1. The van der Waals surface area contributed by atoms with Gasteiger partial charge in [-0.3, -0.25) is 4.79 Å². The van der Waals surface area contributed by atoms with Crippen molar-refractivity contribution in [2.24, 2.45) is 5.92 Å². The third-order valence-corrected chi connectivity index (χ3v) is 4.43. The molecule has 0 aliphatic carbocycles. The van der Waals surface area contributed by atoms with Crippen molar-refractivity contribution in [3.05, 3.63) is 30.1 Å². The van der Waals surface area contributed by atoms with Crippen molar-refractivity contribution in [3.63, 3.8) is 0 Å². The molecule has 1 aromatic carbocycles. The molecule has 130 valence electrons. The number of hydrogen-bond donors (Lipinski definition) is 1. The van der Waals surface area contributed by atoms with Crippen LogP contribution >= 0.6 is 24.8 Å². The van der Waals surface area contributed by atoms with Crippen LogP contribution in [0.15, 0.2) is 24.3 Å². The molecule has 2 saturated heterocycles. The molecule has 7 heteroatoms. The van der Waals surface area contributed by atoms with Crippen LogP contribution in [0.2, 0.25) is 0 Å². The van der Waals surface area contributed by atoms with E-state index in [-0.39, 0.29) is 42.5 Å². The van der Waals surface area contributed by atoms with Crippen LogP contribution in [0.3, 0.4) is 0 Å². The number of amides is 1. The Morgan fingerprint density at radius 2 is 1.83 bits per heavy atom. The van der Waals surface area contributed by atoms with Crippen molar-refractivity contribution in [1.82, 2.24) is 10.2 Å². The SMILES string of the molecule is Cl.Cl.O=C(C1CCCNC1)N1CCN(c2ccccc2F)CC1. The van der Waals surface area contributed by atoms with Crippen LogP contribution in [-0.2, 0) is 4.79 Å². The van der Waals surface area contributed by atoms with Crippen LogP contribution in [0.5, 0.6) is 0 Å². The first kappa shape index (κ1) is 20.0. The zero-order chi connectivity index (χ0) is 14.7.